The van der Waals surface area contributed by atoms with E-state index in [2.05, 4.69) is 9.88 Å². The summed E-state index contributed by atoms with van der Waals surface area (Å²) in [7, 11) is 0. The van der Waals surface area contributed by atoms with Crippen molar-refractivity contribution in [2.75, 3.05) is 19.8 Å². The quantitative estimate of drug-likeness (QED) is 0.856. The van der Waals surface area contributed by atoms with Gasteiger partial charge in [0.15, 0.2) is 0 Å². The summed E-state index contributed by atoms with van der Waals surface area (Å²) in [4.78, 5) is 19.3. The number of piperidine rings is 1. The highest BCUT2D eigenvalue weighted by molar-refractivity contribution is 5.94. The van der Waals surface area contributed by atoms with Crippen LogP contribution in [-0.4, -0.2) is 46.0 Å². The van der Waals surface area contributed by atoms with Gasteiger partial charge in [-0.15, -0.1) is 0 Å². The van der Waals surface area contributed by atoms with Crippen molar-refractivity contribution in [1.82, 2.24) is 14.3 Å². The number of rotatable bonds is 2. The lowest BCUT2D eigenvalue weighted by atomic mass is 9.85. The number of hydrogen-bond acceptors (Lipinski definition) is 3. The van der Waals surface area contributed by atoms with Gasteiger partial charge in [0.1, 0.15) is 0 Å². The molecule has 2 aliphatic heterocycles. The van der Waals surface area contributed by atoms with E-state index in [-0.39, 0.29) is 5.91 Å². The second-order valence-corrected chi connectivity index (χ2v) is 6.66. The molecule has 0 aromatic carbocycles. The molecular formula is C18H23N3O2. The Morgan fingerprint density at radius 1 is 1.17 bits per heavy atom. The van der Waals surface area contributed by atoms with Crippen LogP contribution in [0.5, 0.6) is 0 Å². The molecule has 23 heavy (non-hydrogen) atoms. The van der Waals surface area contributed by atoms with E-state index in [1.54, 1.807) is 12.5 Å². The molecule has 0 radical (unpaired) electrons. The third kappa shape index (κ3) is 2.85. The van der Waals surface area contributed by atoms with Crippen LogP contribution in [0.25, 0.3) is 5.52 Å². The highest BCUT2D eigenvalue weighted by Gasteiger charge is 2.34. The Kier molecular flexibility index (Phi) is 4.04. The lowest BCUT2D eigenvalue weighted by Crippen LogP contribution is -2.48. The van der Waals surface area contributed by atoms with Gasteiger partial charge in [-0.3, -0.25) is 4.79 Å². The predicted octanol–water partition coefficient (Wildman–Crippen LogP) is 2.76. The number of carbonyl (C=O) groups is 1. The lowest BCUT2D eigenvalue weighted by Gasteiger charge is -2.41. The summed E-state index contributed by atoms with van der Waals surface area (Å²) in [6, 6.07) is 4.27. The zero-order valence-corrected chi connectivity index (χ0v) is 13.4. The van der Waals surface area contributed by atoms with E-state index in [4.69, 9.17) is 4.74 Å². The minimum Gasteiger partial charge on any atom is -0.381 e. The first-order valence-corrected chi connectivity index (χ1v) is 8.63. The maximum atomic E-state index is 13.1. The van der Waals surface area contributed by atoms with Crippen molar-refractivity contribution in [3.63, 3.8) is 0 Å². The van der Waals surface area contributed by atoms with Crippen molar-refractivity contribution in [1.29, 1.82) is 0 Å². The van der Waals surface area contributed by atoms with E-state index in [9.17, 15) is 4.79 Å². The average molecular weight is 313 g/mol. The largest absolute Gasteiger partial charge is 0.381 e. The van der Waals surface area contributed by atoms with Gasteiger partial charge in [-0.05, 0) is 50.2 Å². The number of likely N-dealkylation sites (tertiary alicyclic amines) is 1. The molecule has 122 valence electrons. The number of amides is 1. The third-order valence-electron chi connectivity index (χ3n) is 5.28. The second kappa shape index (κ2) is 6.32. The molecule has 2 fully saturated rings. The second-order valence-electron chi connectivity index (χ2n) is 6.66. The Labute approximate surface area is 136 Å². The van der Waals surface area contributed by atoms with Gasteiger partial charge < -0.3 is 14.0 Å². The van der Waals surface area contributed by atoms with E-state index in [1.807, 2.05) is 22.7 Å². The third-order valence-corrected chi connectivity index (χ3v) is 5.28. The fourth-order valence-electron chi connectivity index (χ4n) is 4.01. The molecule has 2 saturated heterocycles. The van der Waals surface area contributed by atoms with Crippen molar-refractivity contribution in [3.8, 4) is 0 Å². The minimum atomic E-state index is 0.164. The van der Waals surface area contributed by atoms with Gasteiger partial charge in [0.05, 0.1) is 23.6 Å². The fourth-order valence-corrected chi connectivity index (χ4v) is 4.01. The molecule has 4 rings (SSSR count). The fraction of sp³-hybridized carbons (Fsp3) is 0.556. The van der Waals surface area contributed by atoms with Gasteiger partial charge in [0.2, 0.25) is 0 Å². The smallest absolute Gasteiger partial charge is 0.255 e. The molecule has 2 aromatic rings. The standard InChI is InChI=1S/C18H23N3O2/c22-18(15-4-5-16-11-19-13-20(16)12-15)21-8-2-1-3-17(21)14-6-9-23-10-7-14/h4-5,11-14,17H,1-3,6-10H2. The lowest BCUT2D eigenvalue weighted by molar-refractivity contribution is 0.0130. The van der Waals surface area contributed by atoms with Gasteiger partial charge >= 0.3 is 0 Å². The van der Waals surface area contributed by atoms with Gasteiger partial charge in [-0.25, -0.2) is 4.98 Å². The Hall–Kier alpha value is -1.88. The zero-order valence-electron chi connectivity index (χ0n) is 13.4. The summed E-state index contributed by atoms with van der Waals surface area (Å²) in [6.07, 6.45) is 11.1. The van der Waals surface area contributed by atoms with Crippen LogP contribution in [0.2, 0.25) is 0 Å². The van der Waals surface area contributed by atoms with Crippen molar-refractivity contribution in [3.05, 3.63) is 36.4 Å². The van der Waals surface area contributed by atoms with E-state index >= 15 is 0 Å². The molecule has 4 heterocycles. The summed E-state index contributed by atoms with van der Waals surface area (Å²) in [5, 5.41) is 0. The number of imidazole rings is 1. The van der Waals surface area contributed by atoms with E-state index < -0.39 is 0 Å². The van der Waals surface area contributed by atoms with Gasteiger partial charge in [0.25, 0.3) is 5.91 Å². The first-order chi connectivity index (χ1) is 11.3. The Bertz CT molecular complexity index is 690. The van der Waals surface area contributed by atoms with Crippen LogP contribution in [0, 0.1) is 5.92 Å². The summed E-state index contributed by atoms with van der Waals surface area (Å²) >= 11 is 0. The van der Waals surface area contributed by atoms with E-state index in [0.29, 0.717) is 12.0 Å². The summed E-state index contributed by atoms with van der Waals surface area (Å²) in [5.41, 5.74) is 1.77. The van der Waals surface area contributed by atoms with Crippen LogP contribution < -0.4 is 0 Å². The van der Waals surface area contributed by atoms with Crippen molar-refractivity contribution in [2.45, 2.75) is 38.1 Å². The molecule has 1 amide bonds. The maximum Gasteiger partial charge on any atom is 0.255 e. The first-order valence-electron chi connectivity index (χ1n) is 8.63. The molecule has 0 spiro atoms. The monoisotopic (exact) mass is 313 g/mol. The van der Waals surface area contributed by atoms with Crippen molar-refractivity contribution < 1.29 is 9.53 Å². The number of carbonyl (C=O) groups excluding carboxylic acids is 1. The molecule has 0 saturated carbocycles. The maximum absolute atomic E-state index is 13.1. The molecule has 5 nitrogen and oxygen atoms in total. The number of fused-ring (bicyclic) bond motifs is 1. The summed E-state index contributed by atoms with van der Waals surface area (Å²) < 4.78 is 7.41. The number of aromatic nitrogens is 2. The highest BCUT2D eigenvalue weighted by Crippen LogP contribution is 2.30. The van der Waals surface area contributed by atoms with Crippen molar-refractivity contribution in [2.24, 2.45) is 5.92 Å². The predicted molar refractivity (Wildman–Crippen MR) is 87.4 cm³/mol. The van der Waals surface area contributed by atoms with Gasteiger partial charge in [-0.1, -0.05) is 0 Å². The summed E-state index contributed by atoms with van der Waals surface area (Å²) in [6.45, 7) is 2.55. The molecule has 1 unspecified atom stereocenters. The molecule has 0 bridgehead atoms. The molecule has 1 atom stereocenters. The molecular weight excluding hydrogens is 290 g/mol. The van der Waals surface area contributed by atoms with Gasteiger partial charge in [-0.2, -0.15) is 0 Å². The van der Waals surface area contributed by atoms with Crippen molar-refractivity contribution >= 4 is 11.4 Å². The highest BCUT2D eigenvalue weighted by atomic mass is 16.5. The van der Waals surface area contributed by atoms with Crippen LogP contribution in [0.3, 0.4) is 0 Å². The number of ether oxygens (including phenoxy) is 1. The minimum absolute atomic E-state index is 0.164. The average Bonchev–Trinajstić information content (AvgIpc) is 3.09. The van der Waals surface area contributed by atoms with Crippen LogP contribution in [0.1, 0.15) is 42.5 Å². The number of nitrogens with zero attached hydrogens (tertiary/aromatic N) is 3. The Morgan fingerprint density at radius 2 is 2.04 bits per heavy atom. The topological polar surface area (TPSA) is 46.8 Å². The molecule has 5 heteroatoms. The number of pyridine rings is 1. The van der Waals surface area contributed by atoms with Gasteiger partial charge in [0, 0.05) is 32.0 Å². The van der Waals surface area contributed by atoms with Crippen LogP contribution in [0.15, 0.2) is 30.9 Å². The van der Waals surface area contributed by atoms with E-state index in [1.165, 1.54) is 6.42 Å². The number of hydrogen-bond donors (Lipinski definition) is 0. The molecule has 0 aliphatic carbocycles. The molecule has 2 aromatic heterocycles. The van der Waals surface area contributed by atoms with Crippen LogP contribution in [0.4, 0.5) is 0 Å². The van der Waals surface area contributed by atoms with E-state index in [0.717, 1.165) is 56.5 Å². The molecule has 0 N–H and O–H groups in total. The SMILES string of the molecule is O=C(c1ccc2cncn2c1)N1CCCCC1C1CCOCC1. The van der Waals surface area contributed by atoms with Crippen LogP contribution in [-0.2, 0) is 4.74 Å². The zero-order chi connectivity index (χ0) is 15.6. The molecule has 2 aliphatic rings. The van der Waals surface area contributed by atoms with Crippen LogP contribution >= 0.6 is 0 Å². The summed E-state index contributed by atoms with van der Waals surface area (Å²) in [5.74, 6) is 0.752. The Morgan fingerprint density at radius 3 is 2.91 bits per heavy atom. The normalized spacial score (nSPS) is 23.3. The Balaban J connectivity index is 1.58. The first kappa shape index (κ1) is 14.7.